The maximum atomic E-state index is 14.5. The first-order chi connectivity index (χ1) is 18.0. The molecule has 8 heteroatoms. The summed E-state index contributed by atoms with van der Waals surface area (Å²) in [6.45, 7) is 3.02. The van der Waals surface area contributed by atoms with E-state index < -0.39 is 29.4 Å². The van der Waals surface area contributed by atoms with Crippen molar-refractivity contribution in [2.24, 2.45) is 5.92 Å². The number of alkyl halides is 3. The van der Waals surface area contributed by atoms with Crippen LogP contribution in [-0.4, -0.2) is 29.0 Å². The van der Waals surface area contributed by atoms with Crippen LogP contribution in [0.15, 0.2) is 60.7 Å². The lowest BCUT2D eigenvalue weighted by Gasteiger charge is -2.39. The van der Waals surface area contributed by atoms with Gasteiger partial charge in [-0.1, -0.05) is 32.0 Å². The average Bonchev–Trinajstić information content (AvgIpc) is 3.47. The van der Waals surface area contributed by atoms with Crippen molar-refractivity contribution in [1.29, 1.82) is 5.26 Å². The quantitative estimate of drug-likeness (QED) is 0.273. The van der Waals surface area contributed by atoms with Gasteiger partial charge in [0, 0.05) is 46.0 Å². The number of aliphatic hydroxyl groups is 1. The van der Waals surface area contributed by atoms with Gasteiger partial charge in [-0.2, -0.15) is 18.4 Å². The van der Waals surface area contributed by atoms with Crippen LogP contribution in [0.3, 0.4) is 0 Å². The minimum absolute atomic E-state index is 0.104. The molecule has 4 nitrogen and oxygen atoms in total. The maximum Gasteiger partial charge on any atom is 0.395 e. The number of aromatic amines is 1. The molecule has 2 atom stereocenters. The van der Waals surface area contributed by atoms with E-state index in [1.807, 2.05) is 24.3 Å². The number of aliphatic hydroxyl groups excluding tert-OH is 1. The van der Waals surface area contributed by atoms with Crippen molar-refractivity contribution in [3.05, 3.63) is 88.9 Å². The molecule has 0 saturated heterocycles. The Bertz CT molecular complexity index is 1550. The number of nitrogens with zero attached hydrogens (tertiary/aromatic N) is 1. The first-order valence-corrected chi connectivity index (χ1v) is 12.3. The number of halogens is 4. The fourth-order valence-corrected chi connectivity index (χ4v) is 5.62. The summed E-state index contributed by atoms with van der Waals surface area (Å²) in [5, 5.41) is 21.0. The molecule has 5 rings (SSSR count). The van der Waals surface area contributed by atoms with Crippen molar-refractivity contribution >= 4 is 10.9 Å². The van der Waals surface area contributed by atoms with Gasteiger partial charge in [0.1, 0.15) is 11.6 Å². The Morgan fingerprint density at radius 1 is 1.05 bits per heavy atom. The first-order valence-electron chi connectivity index (χ1n) is 12.3. The Labute approximate surface area is 217 Å². The zero-order chi connectivity index (χ0) is 27.2. The van der Waals surface area contributed by atoms with Gasteiger partial charge in [-0.15, -0.1) is 0 Å². The fraction of sp³-hybridized carbons (Fsp3) is 0.300. The molecule has 2 heterocycles. The van der Waals surface area contributed by atoms with Gasteiger partial charge < -0.3 is 14.8 Å². The summed E-state index contributed by atoms with van der Waals surface area (Å²) in [6.07, 6.45) is -6.41. The topological polar surface area (TPSA) is 69.0 Å². The van der Waals surface area contributed by atoms with Crippen LogP contribution >= 0.6 is 0 Å². The number of benzene rings is 3. The molecule has 1 aliphatic rings. The van der Waals surface area contributed by atoms with Crippen molar-refractivity contribution < 1.29 is 27.4 Å². The minimum Gasteiger partial charge on any atom is -0.493 e. The van der Waals surface area contributed by atoms with Crippen LogP contribution in [0.2, 0.25) is 0 Å². The largest absolute Gasteiger partial charge is 0.493 e. The van der Waals surface area contributed by atoms with Crippen LogP contribution in [0, 0.1) is 23.1 Å². The molecule has 2 unspecified atom stereocenters. The molecule has 0 fully saturated rings. The van der Waals surface area contributed by atoms with E-state index in [1.165, 1.54) is 19.9 Å². The number of H-pyrrole nitrogens is 1. The predicted molar refractivity (Wildman–Crippen MR) is 136 cm³/mol. The second-order valence-corrected chi connectivity index (χ2v) is 10.3. The van der Waals surface area contributed by atoms with Gasteiger partial charge in [-0.05, 0) is 53.6 Å². The van der Waals surface area contributed by atoms with Crippen LogP contribution in [0.4, 0.5) is 17.6 Å². The second kappa shape index (κ2) is 9.48. The van der Waals surface area contributed by atoms with E-state index in [0.29, 0.717) is 28.8 Å². The maximum absolute atomic E-state index is 14.5. The summed E-state index contributed by atoms with van der Waals surface area (Å²) in [4.78, 5) is 3.11. The van der Waals surface area contributed by atoms with Crippen LogP contribution in [0.1, 0.15) is 36.2 Å². The zero-order valence-corrected chi connectivity index (χ0v) is 20.9. The second-order valence-electron chi connectivity index (χ2n) is 10.3. The van der Waals surface area contributed by atoms with Crippen molar-refractivity contribution in [1.82, 2.24) is 4.98 Å². The normalized spacial score (nSPS) is 15.1. The van der Waals surface area contributed by atoms with Crippen LogP contribution in [-0.2, 0) is 18.3 Å². The van der Waals surface area contributed by atoms with Gasteiger partial charge >= 0.3 is 6.18 Å². The molecule has 1 aromatic heterocycles. The van der Waals surface area contributed by atoms with E-state index >= 15 is 0 Å². The van der Waals surface area contributed by atoms with E-state index in [2.05, 4.69) is 11.1 Å². The molecule has 1 aliphatic heterocycles. The highest BCUT2D eigenvalue weighted by atomic mass is 19.4. The van der Waals surface area contributed by atoms with Gasteiger partial charge in [0.2, 0.25) is 0 Å². The number of aromatic nitrogens is 1. The Hall–Kier alpha value is -3.83. The first kappa shape index (κ1) is 25.8. The van der Waals surface area contributed by atoms with Gasteiger partial charge in [-0.25, -0.2) is 4.39 Å². The molecule has 0 spiro atoms. The predicted octanol–water partition coefficient (Wildman–Crippen LogP) is 6.84. The summed E-state index contributed by atoms with van der Waals surface area (Å²) in [7, 11) is 0. The number of hydrogen-bond acceptors (Lipinski definition) is 3. The average molecular weight is 523 g/mol. The molecule has 2 N–H and O–H groups in total. The number of nitrogens with one attached hydrogen (secondary N) is 1. The molecule has 0 saturated carbocycles. The molecule has 3 aromatic carbocycles. The highest BCUT2D eigenvalue weighted by Gasteiger charge is 2.54. The van der Waals surface area contributed by atoms with Crippen LogP contribution in [0.25, 0.3) is 22.0 Å². The number of fused-ring (bicyclic) bond motifs is 2. The summed E-state index contributed by atoms with van der Waals surface area (Å²) >= 11 is 0. The fourth-order valence-electron chi connectivity index (χ4n) is 5.62. The molecular weight excluding hydrogens is 496 g/mol. The lowest BCUT2D eigenvalue weighted by molar-refractivity contribution is -0.217. The third kappa shape index (κ3) is 4.74. The SMILES string of the molecule is CC(C)(c1cc(F)cc2c1OCC2)C(C(O)Cc1cc2cc(-c3cccc(C#N)c3)ccc2[nH]1)C(F)(F)F. The summed E-state index contributed by atoms with van der Waals surface area (Å²) in [6, 6.07) is 18.9. The highest BCUT2D eigenvalue weighted by molar-refractivity contribution is 5.86. The summed E-state index contributed by atoms with van der Waals surface area (Å²) in [5.41, 5.74) is 2.36. The molecule has 4 aromatic rings. The van der Waals surface area contributed by atoms with Crippen LogP contribution in [0.5, 0.6) is 5.75 Å². The van der Waals surface area contributed by atoms with E-state index in [-0.39, 0.29) is 24.3 Å². The molecule has 0 amide bonds. The van der Waals surface area contributed by atoms with Crippen LogP contribution < -0.4 is 4.74 Å². The number of hydrogen-bond donors (Lipinski definition) is 2. The number of nitriles is 1. The Morgan fingerprint density at radius 2 is 1.82 bits per heavy atom. The monoisotopic (exact) mass is 522 g/mol. The van der Waals surface area contributed by atoms with Crippen molar-refractivity contribution in [2.45, 2.75) is 44.4 Å². The van der Waals surface area contributed by atoms with Gasteiger partial charge in [-0.3, -0.25) is 0 Å². The summed E-state index contributed by atoms with van der Waals surface area (Å²) < 4.78 is 63.4. The van der Waals surface area contributed by atoms with Crippen molar-refractivity contribution in [2.75, 3.05) is 6.61 Å². The Morgan fingerprint density at radius 3 is 2.55 bits per heavy atom. The van der Waals surface area contributed by atoms with Gasteiger partial charge in [0.05, 0.1) is 30.3 Å². The van der Waals surface area contributed by atoms with Gasteiger partial charge in [0.15, 0.2) is 0 Å². The van der Waals surface area contributed by atoms with E-state index in [1.54, 1.807) is 24.3 Å². The molecule has 0 aliphatic carbocycles. The number of ether oxygens (including phenoxy) is 1. The van der Waals surface area contributed by atoms with Gasteiger partial charge in [0.25, 0.3) is 0 Å². The molecule has 0 bridgehead atoms. The van der Waals surface area contributed by atoms with Crippen molar-refractivity contribution in [3.63, 3.8) is 0 Å². The molecule has 196 valence electrons. The lowest BCUT2D eigenvalue weighted by Crippen LogP contribution is -2.48. The summed E-state index contributed by atoms with van der Waals surface area (Å²) in [5.74, 6) is -2.53. The van der Waals surface area contributed by atoms with Crippen molar-refractivity contribution in [3.8, 4) is 22.9 Å². The standard InChI is InChI=1S/C30H26F4N2O2/c1-29(2,24-14-22(31)12-20-8-9-38-27(20)24)28(30(32,33)34)26(37)15-23-13-21-11-19(6-7-25(21)36-23)18-5-3-4-17(10-18)16-35/h3-7,10-14,26,28,36-37H,8-9,15H2,1-2H3. The van der Waals surface area contributed by atoms with E-state index in [9.17, 15) is 27.9 Å². The smallest absolute Gasteiger partial charge is 0.395 e. The highest BCUT2D eigenvalue weighted by Crippen LogP contribution is 2.49. The third-order valence-corrected chi connectivity index (χ3v) is 7.39. The Kier molecular flexibility index (Phi) is 6.44. The lowest BCUT2D eigenvalue weighted by atomic mass is 9.69. The van der Waals surface area contributed by atoms with E-state index in [0.717, 1.165) is 22.6 Å². The third-order valence-electron chi connectivity index (χ3n) is 7.39. The molecule has 38 heavy (non-hydrogen) atoms. The number of rotatable bonds is 6. The molecule has 0 radical (unpaired) electrons. The van der Waals surface area contributed by atoms with E-state index in [4.69, 9.17) is 4.74 Å². The minimum atomic E-state index is -4.76. The Balaban J connectivity index is 1.46. The zero-order valence-electron chi connectivity index (χ0n) is 20.9. The molecular formula is C30H26F4N2O2.